The number of hydrogen-bond donors (Lipinski definition) is 1. The molecule has 8 heteroatoms. The van der Waals surface area contributed by atoms with Crippen molar-refractivity contribution in [3.8, 4) is 17.3 Å². The molecular formula is C18H11IN4O2S. The first-order chi connectivity index (χ1) is 12.6. The number of thiazole rings is 1. The zero-order valence-corrected chi connectivity index (χ0v) is 16.2. The lowest BCUT2D eigenvalue weighted by Gasteiger charge is -2.01. The van der Waals surface area contributed by atoms with Gasteiger partial charge in [0.2, 0.25) is 0 Å². The Balaban J connectivity index is 1.80. The standard InChI is InChI=1S/C18H11IN4O2S/c19-14-3-5-15(6-4-14)21-10-13(9-20)18-22-17(11-26-18)12-1-7-16(8-2-12)23(24)25/h1-8,10-11,21H. The average molecular weight is 474 g/mol. The minimum absolute atomic E-state index is 0.0311. The molecule has 0 aliphatic rings. The molecule has 0 fully saturated rings. The Morgan fingerprint density at radius 2 is 1.92 bits per heavy atom. The molecular weight excluding hydrogens is 463 g/mol. The molecule has 0 radical (unpaired) electrons. The lowest BCUT2D eigenvalue weighted by atomic mass is 10.1. The van der Waals surface area contributed by atoms with Crippen LogP contribution in [0.1, 0.15) is 5.01 Å². The van der Waals surface area contributed by atoms with Crippen molar-refractivity contribution < 1.29 is 4.92 Å². The number of nitro groups is 1. The zero-order chi connectivity index (χ0) is 18.5. The molecule has 1 aromatic heterocycles. The lowest BCUT2D eigenvalue weighted by Crippen LogP contribution is -1.91. The minimum Gasteiger partial charge on any atom is -0.360 e. The highest BCUT2D eigenvalue weighted by atomic mass is 127. The number of benzene rings is 2. The molecule has 128 valence electrons. The maximum atomic E-state index is 10.7. The summed E-state index contributed by atoms with van der Waals surface area (Å²) in [6, 6.07) is 16.1. The summed E-state index contributed by atoms with van der Waals surface area (Å²) < 4.78 is 1.13. The molecule has 1 heterocycles. The summed E-state index contributed by atoms with van der Waals surface area (Å²) in [4.78, 5) is 14.8. The number of non-ortho nitro benzene ring substituents is 1. The monoisotopic (exact) mass is 474 g/mol. The number of nitrogens with one attached hydrogen (secondary N) is 1. The van der Waals surface area contributed by atoms with E-state index in [0.717, 1.165) is 14.8 Å². The molecule has 3 aromatic rings. The van der Waals surface area contributed by atoms with Crippen molar-refractivity contribution in [2.45, 2.75) is 0 Å². The van der Waals surface area contributed by atoms with Crippen LogP contribution in [0.4, 0.5) is 11.4 Å². The maximum absolute atomic E-state index is 10.7. The first-order valence-electron chi connectivity index (χ1n) is 7.40. The van der Waals surface area contributed by atoms with Crippen LogP contribution in [0.5, 0.6) is 0 Å². The lowest BCUT2D eigenvalue weighted by molar-refractivity contribution is -0.384. The van der Waals surface area contributed by atoms with Gasteiger partial charge < -0.3 is 5.32 Å². The Morgan fingerprint density at radius 3 is 2.54 bits per heavy atom. The van der Waals surface area contributed by atoms with Crippen LogP contribution >= 0.6 is 33.9 Å². The van der Waals surface area contributed by atoms with Gasteiger partial charge in [-0.15, -0.1) is 11.3 Å². The maximum Gasteiger partial charge on any atom is 0.269 e. The number of halogens is 1. The molecule has 3 rings (SSSR count). The number of allylic oxidation sites excluding steroid dienone is 1. The Kier molecular flexibility index (Phi) is 5.60. The average Bonchev–Trinajstić information content (AvgIpc) is 3.14. The van der Waals surface area contributed by atoms with Crippen LogP contribution in [0.25, 0.3) is 16.8 Å². The van der Waals surface area contributed by atoms with Crippen LogP contribution in [-0.4, -0.2) is 9.91 Å². The van der Waals surface area contributed by atoms with Crippen molar-refractivity contribution in [3.63, 3.8) is 0 Å². The van der Waals surface area contributed by atoms with Crippen molar-refractivity contribution >= 4 is 50.9 Å². The van der Waals surface area contributed by atoms with Gasteiger partial charge in [-0.05, 0) is 59.0 Å². The van der Waals surface area contributed by atoms with Crippen molar-refractivity contribution in [2.24, 2.45) is 0 Å². The fraction of sp³-hybridized carbons (Fsp3) is 0. The van der Waals surface area contributed by atoms with E-state index in [4.69, 9.17) is 0 Å². The first kappa shape index (κ1) is 18.0. The SMILES string of the molecule is N#CC(=CNc1ccc(I)cc1)c1nc(-c2ccc([N+](=O)[O-])cc2)cs1. The third kappa shape index (κ3) is 4.25. The Bertz CT molecular complexity index is 1000. The second-order valence-electron chi connectivity index (χ2n) is 5.16. The normalized spacial score (nSPS) is 11.0. The minimum atomic E-state index is -0.441. The first-order valence-corrected chi connectivity index (χ1v) is 9.36. The van der Waals surface area contributed by atoms with Gasteiger partial charge in [-0.2, -0.15) is 5.26 Å². The molecule has 1 N–H and O–H groups in total. The molecule has 0 amide bonds. The second kappa shape index (κ2) is 8.07. The van der Waals surface area contributed by atoms with E-state index >= 15 is 0 Å². The summed E-state index contributed by atoms with van der Waals surface area (Å²) in [6.07, 6.45) is 1.63. The van der Waals surface area contributed by atoms with Gasteiger partial charge in [0.1, 0.15) is 16.6 Å². The van der Waals surface area contributed by atoms with E-state index < -0.39 is 4.92 Å². The van der Waals surface area contributed by atoms with Gasteiger partial charge >= 0.3 is 0 Å². The predicted octanol–water partition coefficient (Wildman–Crippen LogP) is 5.30. The van der Waals surface area contributed by atoms with Crippen LogP contribution in [0.3, 0.4) is 0 Å². The fourth-order valence-corrected chi connectivity index (χ4v) is 3.28. The number of nitrogens with zero attached hydrogens (tertiary/aromatic N) is 3. The molecule has 0 unspecified atom stereocenters. The van der Waals surface area contributed by atoms with Crippen LogP contribution in [0, 0.1) is 25.0 Å². The largest absolute Gasteiger partial charge is 0.360 e. The van der Waals surface area contributed by atoms with E-state index in [1.54, 1.807) is 18.3 Å². The Labute approximate surface area is 167 Å². The molecule has 0 atom stereocenters. The highest BCUT2D eigenvalue weighted by Crippen LogP contribution is 2.27. The van der Waals surface area contributed by atoms with E-state index in [9.17, 15) is 15.4 Å². The Hall–Kier alpha value is -2.77. The van der Waals surface area contributed by atoms with E-state index in [2.05, 4.69) is 39.0 Å². The van der Waals surface area contributed by atoms with E-state index in [0.29, 0.717) is 16.3 Å². The van der Waals surface area contributed by atoms with Gasteiger partial charge in [0, 0.05) is 38.5 Å². The Morgan fingerprint density at radius 1 is 1.23 bits per heavy atom. The number of nitro benzene ring substituents is 1. The highest BCUT2D eigenvalue weighted by Gasteiger charge is 2.11. The van der Waals surface area contributed by atoms with Crippen molar-refractivity contribution in [1.29, 1.82) is 5.26 Å². The van der Waals surface area contributed by atoms with Gasteiger partial charge in [0.05, 0.1) is 10.6 Å². The summed E-state index contributed by atoms with van der Waals surface area (Å²) in [5, 5.41) is 25.6. The number of aromatic nitrogens is 1. The summed E-state index contributed by atoms with van der Waals surface area (Å²) >= 11 is 3.58. The van der Waals surface area contributed by atoms with Crippen molar-refractivity contribution in [1.82, 2.24) is 4.98 Å². The van der Waals surface area contributed by atoms with E-state index in [-0.39, 0.29) is 5.69 Å². The highest BCUT2D eigenvalue weighted by molar-refractivity contribution is 14.1. The fourth-order valence-electron chi connectivity index (χ4n) is 2.13. The summed E-state index contributed by atoms with van der Waals surface area (Å²) in [5.41, 5.74) is 2.77. The third-order valence-corrected chi connectivity index (χ3v) is 5.05. The van der Waals surface area contributed by atoms with Gasteiger partial charge in [0.15, 0.2) is 0 Å². The summed E-state index contributed by atoms with van der Waals surface area (Å²) in [5.74, 6) is 0. The zero-order valence-electron chi connectivity index (χ0n) is 13.2. The van der Waals surface area contributed by atoms with Gasteiger partial charge in [-0.3, -0.25) is 10.1 Å². The molecule has 0 aliphatic carbocycles. The van der Waals surface area contributed by atoms with Crippen LogP contribution < -0.4 is 5.32 Å². The van der Waals surface area contributed by atoms with Crippen LogP contribution in [0.15, 0.2) is 60.1 Å². The third-order valence-electron chi connectivity index (χ3n) is 3.46. The predicted molar refractivity (Wildman–Crippen MR) is 111 cm³/mol. The van der Waals surface area contributed by atoms with Gasteiger partial charge in [0.25, 0.3) is 5.69 Å². The van der Waals surface area contributed by atoms with Crippen molar-refractivity contribution in [2.75, 3.05) is 5.32 Å². The van der Waals surface area contributed by atoms with Crippen LogP contribution in [-0.2, 0) is 0 Å². The van der Waals surface area contributed by atoms with E-state index in [1.165, 1.54) is 23.5 Å². The summed E-state index contributed by atoms with van der Waals surface area (Å²) in [6.45, 7) is 0. The molecule has 26 heavy (non-hydrogen) atoms. The van der Waals surface area contributed by atoms with Crippen LogP contribution in [0.2, 0.25) is 0 Å². The number of anilines is 1. The molecule has 0 saturated carbocycles. The van der Waals surface area contributed by atoms with Gasteiger partial charge in [-0.1, -0.05) is 0 Å². The molecule has 0 saturated heterocycles. The number of rotatable bonds is 5. The van der Waals surface area contributed by atoms with Gasteiger partial charge in [-0.25, -0.2) is 4.98 Å². The smallest absolute Gasteiger partial charge is 0.269 e. The number of hydrogen-bond acceptors (Lipinski definition) is 6. The topological polar surface area (TPSA) is 91.8 Å². The summed E-state index contributed by atoms with van der Waals surface area (Å²) in [7, 11) is 0. The number of nitriles is 1. The van der Waals surface area contributed by atoms with E-state index in [1.807, 2.05) is 29.6 Å². The van der Waals surface area contributed by atoms with Crippen molar-refractivity contribution in [3.05, 3.63) is 78.8 Å². The molecule has 2 aromatic carbocycles. The molecule has 6 nitrogen and oxygen atoms in total. The molecule has 0 aliphatic heterocycles. The molecule has 0 bridgehead atoms. The second-order valence-corrected chi connectivity index (χ2v) is 7.27. The quantitative estimate of drug-likeness (QED) is 0.235. The molecule has 0 spiro atoms.